The maximum Gasteiger partial charge on any atom is 0.203 e. The molecule has 2 aromatic rings. The zero-order chi connectivity index (χ0) is 12.5. The van der Waals surface area contributed by atoms with Crippen LogP contribution in [0, 0.1) is 6.92 Å². The van der Waals surface area contributed by atoms with E-state index in [-0.39, 0.29) is 5.54 Å². The third-order valence-corrected chi connectivity index (χ3v) is 3.48. The Morgan fingerprint density at radius 2 is 2.00 bits per heavy atom. The minimum absolute atomic E-state index is 0.0503. The first-order valence-electron chi connectivity index (χ1n) is 6.04. The lowest BCUT2D eigenvalue weighted by Gasteiger charge is -2.28. The molecule has 0 fully saturated rings. The van der Waals surface area contributed by atoms with E-state index in [1.54, 1.807) is 6.20 Å². The first-order chi connectivity index (χ1) is 8.09. The molecule has 17 heavy (non-hydrogen) atoms. The Labute approximate surface area is 101 Å². The van der Waals surface area contributed by atoms with E-state index in [1.807, 2.05) is 17.5 Å². The van der Waals surface area contributed by atoms with E-state index in [2.05, 4.69) is 41.3 Å². The first kappa shape index (κ1) is 11.8. The van der Waals surface area contributed by atoms with Gasteiger partial charge in [0.1, 0.15) is 5.82 Å². The summed E-state index contributed by atoms with van der Waals surface area (Å²) in [6, 6.07) is 0. The molecule has 0 aliphatic carbocycles. The minimum Gasteiger partial charge on any atom is -0.362 e. The highest BCUT2D eigenvalue weighted by atomic mass is 15.3. The lowest BCUT2D eigenvalue weighted by atomic mass is 9.96. The molecule has 2 aromatic heterocycles. The van der Waals surface area contributed by atoms with Crippen LogP contribution in [-0.4, -0.2) is 25.1 Å². The van der Waals surface area contributed by atoms with Crippen molar-refractivity contribution in [3.05, 3.63) is 18.2 Å². The van der Waals surface area contributed by atoms with Gasteiger partial charge in [-0.3, -0.25) is 4.40 Å². The Morgan fingerprint density at radius 1 is 1.29 bits per heavy atom. The highest BCUT2D eigenvalue weighted by molar-refractivity contribution is 5.63. The highest BCUT2D eigenvalue weighted by Gasteiger charge is 2.21. The summed E-state index contributed by atoms with van der Waals surface area (Å²) in [4.78, 5) is 4.37. The summed E-state index contributed by atoms with van der Waals surface area (Å²) in [6.07, 6.45) is 5.74. The van der Waals surface area contributed by atoms with Crippen molar-refractivity contribution in [2.45, 2.75) is 46.1 Å². The van der Waals surface area contributed by atoms with E-state index in [4.69, 9.17) is 0 Å². The van der Waals surface area contributed by atoms with Gasteiger partial charge in [-0.05, 0) is 26.7 Å². The van der Waals surface area contributed by atoms with Crippen LogP contribution in [-0.2, 0) is 0 Å². The molecule has 2 heterocycles. The number of anilines is 1. The van der Waals surface area contributed by atoms with E-state index in [0.717, 1.165) is 30.1 Å². The van der Waals surface area contributed by atoms with Gasteiger partial charge in [0.2, 0.25) is 5.65 Å². The number of hydrogen-bond acceptors (Lipinski definition) is 4. The molecule has 0 amide bonds. The molecule has 0 spiro atoms. The van der Waals surface area contributed by atoms with Gasteiger partial charge in [-0.2, -0.15) is 0 Å². The van der Waals surface area contributed by atoms with Crippen molar-refractivity contribution in [3.63, 3.8) is 0 Å². The fourth-order valence-corrected chi connectivity index (χ4v) is 1.74. The summed E-state index contributed by atoms with van der Waals surface area (Å²) in [5.74, 6) is 1.68. The summed E-state index contributed by atoms with van der Waals surface area (Å²) in [5, 5.41) is 11.7. The molecule has 0 atom stereocenters. The number of nitrogens with zero attached hydrogens (tertiary/aromatic N) is 4. The molecular formula is C12H19N5. The lowest BCUT2D eigenvalue weighted by molar-refractivity contribution is 0.477. The molecule has 0 unspecified atom stereocenters. The van der Waals surface area contributed by atoms with Crippen LogP contribution in [0.2, 0.25) is 0 Å². The predicted molar refractivity (Wildman–Crippen MR) is 68.1 cm³/mol. The van der Waals surface area contributed by atoms with Crippen molar-refractivity contribution in [1.82, 2.24) is 19.6 Å². The monoisotopic (exact) mass is 233 g/mol. The third-order valence-electron chi connectivity index (χ3n) is 3.48. The number of fused-ring (bicyclic) bond motifs is 1. The van der Waals surface area contributed by atoms with Crippen LogP contribution in [0.25, 0.3) is 5.65 Å². The smallest absolute Gasteiger partial charge is 0.203 e. The van der Waals surface area contributed by atoms with Crippen LogP contribution in [0.1, 0.15) is 39.4 Å². The predicted octanol–water partition coefficient (Wildman–Crippen LogP) is 2.42. The largest absolute Gasteiger partial charge is 0.362 e. The summed E-state index contributed by atoms with van der Waals surface area (Å²) in [5.41, 5.74) is 0.840. The van der Waals surface area contributed by atoms with Crippen LogP contribution in [0.5, 0.6) is 0 Å². The van der Waals surface area contributed by atoms with E-state index in [9.17, 15) is 0 Å². The van der Waals surface area contributed by atoms with Gasteiger partial charge in [-0.15, -0.1) is 10.2 Å². The lowest BCUT2D eigenvalue weighted by Crippen LogP contribution is -2.33. The molecule has 0 aromatic carbocycles. The average Bonchev–Trinajstić information content (AvgIpc) is 2.72. The van der Waals surface area contributed by atoms with E-state index in [1.165, 1.54) is 0 Å². The Morgan fingerprint density at radius 3 is 2.65 bits per heavy atom. The average molecular weight is 233 g/mol. The Hall–Kier alpha value is -1.65. The van der Waals surface area contributed by atoms with Crippen molar-refractivity contribution in [1.29, 1.82) is 0 Å². The zero-order valence-electron chi connectivity index (χ0n) is 10.9. The number of rotatable bonds is 4. The van der Waals surface area contributed by atoms with Gasteiger partial charge < -0.3 is 5.32 Å². The molecule has 1 N–H and O–H groups in total. The Balaban J connectivity index is 2.42. The van der Waals surface area contributed by atoms with Gasteiger partial charge >= 0.3 is 0 Å². The molecule has 0 aliphatic heterocycles. The summed E-state index contributed by atoms with van der Waals surface area (Å²) < 4.78 is 1.95. The topological polar surface area (TPSA) is 55.1 Å². The molecule has 5 nitrogen and oxygen atoms in total. The van der Waals surface area contributed by atoms with Gasteiger partial charge in [-0.25, -0.2) is 4.98 Å². The van der Waals surface area contributed by atoms with Crippen LogP contribution < -0.4 is 5.32 Å². The van der Waals surface area contributed by atoms with Gasteiger partial charge in [0.25, 0.3) is 0 Å². The summed E-state index contributed by atoms with van der Waals surface area (Å²) in [7, 11) is 0. The molecular weight excluding hydrogens is 214 g/mol. The maximum absolute atomic E-state index is 4.37. The third kappa shape index (κ3) is 2.09. The van der Waals surface area contributed by atoms with E-state index < -0.39 is 0 Å². The maximum atomic E-state index is 4.37. The van der Waals surface area contributed by atoms with Gasteiger partial charge in [0, 0.05) is 17.9 Å². The van der Waals surface area contributed by atoms with Gasteiger partial charge in [0.15, 0.2) is 5.82 Å². The van der Waals surface area contributed by atoms with Crippen LogP contribution in [0.4, 0.5) is 5.82 Å². The van der Waals surface area contributed by atoms with Crippen molar-refractivity contribution >= 4 is 11.5 Å². The quantitative estimate of drug-likeness (QED) is 0.881. The van der Waals surface area contributed by atoms with Crippen molar-refractivity contribution in [3.8, 4) is 0 Å². The minimum atomic E-state index is 0.0503. The van der Waals surface area contributed by atoms with Crippen molar-refractivity contribution < 1.29 is 0 Å². The molecule has 2 rings (SSSR count). The standard InChI is InChI=1S/C12H19N5/c1-5-12(4,6-2)14-10-11-16-15-9(3)17(11)8-7-13-10/h7-8H,5-6H2,1-4H3,(H,13,14). The summed E-state index contributed by atoms with van der Waals surface area (Å²) >= 11 is 0. The fourth-order valence-electron chi connectivity index (χ4n) is 1.74. The van der Waals surface area contributed by atoms with Crippen LogP contribution in [0.15, 0.2) is 12.4 Å². The molecule has 0 radical (unpaired) electrons. The molecule has 0 saturated carbocycles. The van der Waals surface area contributed by atoms with Crippen LogP contribution >= 0.6 is 0 Å². The van der Waals surface area contributed by atoms with Gasteiger partial charge in [0.05, 0.1) is 0 Å². The molecule has 0 saturated heterocycles. The second kappa shape index (κ2) is 4.31. The summed E-state index contributed by atoms with van der Waals surface area (Å²) in [6.45, 7) is 8.47. The Kier molecular flexibility index (Phi) is 3.00. The van der Waals surface area contributed by atoms with Crippen molar-refractivity contribution in [2.75, 3.05) is 5.32 Å². The molecule has 0 aliphatic rings. The number of nitrogens with one attached hydrogen (secondary N) is 1. The highest BCUT2D eigenvalue weighted by Crippen LogP contribution is 2.22. The molecule has 92 valence electrons. The second-order valence-corrected chi connectivity index (χ2v) is 4.61. The fraction of sp³-hybridized carbons (Fsp3) is 0.583. The first-order valence-corrected chi connectivity index (χ1v) is 6.04. The SMILES string of the molecule is CCC(C)(CC)Nc1nccn2c(C)nnc12. The Bertz CT molecular complexity index is 513. The van der Waals surface area contributed by atoms with Crippen molar-refractivity contribution in [2.24, 2.45) is 0 Å². The van der Waals surface area contributed by atoms with E-state index >= 15 is 0 Å². The van der Waals surface area contributed by atoms with Gasteiger partial charge in [-0.1, -0.05) is 13.8 Å². The zero-order valence-corrected chi connectivity index (χ0v) is 10.9. The second-order valence-electron chi connectivity index (χ2n) is 4.61. The number of aromatic nitrogens is 4. The number of hydrogen-bond donors (Lipinski definition) is 1. The molecule has 5 heteroatoms. The number of aryl methyl sites for hydroxylation is 1. The molecule has 0 bridgehead atoms. The van der Waals surface area contributed by atoms with E-state index in [0.29, 0.717) is 0 Å². The normalized spacial score (nSPS) is 12.0. The van der Waals surface area contributed by atoms with Crippen LogP contribution in [0.3, 0.4) is 0 Å².